The van der Waals surface area contributed by atoms with E-state index in [1.165, 1.54) is 18.2 Å². The summed E-state index contributed by atoms with van der Waals surface area (Å²) in [5, 5.41) is 11.6. The van der Waals surface area contributed by atoms with E-state index in [4.69, 9.17) is 22.1 Å². The number of benzene rings is 2. The van der Waals surface area contributed by atoms with Crippen LogP contribution < -0.4 is 15.4 Å². The average molecular weight is 419 g/mol. The molecule has 1 heterocycles. The lowest BCUT2D eigenvalue weighted by Crippen LogP contribution is -2.50. The number of hydrogen-bond acceptors (Lipinski definition) is 6. The molecule has 1 aliphatic heterocycles. The molecule has 1 saturated heterocycles. The van der Waals surface area contributed by atoms with E-state index in [0.29, 0.717) is 48.2 Å². The predicted molar refractivity (Wildman–Crippen MR) is 107 cm³/mol. The SMILES string of the molecule is NC(=O)c1ccc(OCC(=O)N2CCN(c3ccc(Cl)cc3[N+](=O)[O-])CC2)cc1. The van der Waals surface area contributed by atoms with Gasteiger partial charge in [0.2, 0.25) is 5.91 Å². The van der Waals surface area contributed by atoms with E-state index in [9.17, 15) is 19.7 Å². The molecule has 0 unspecified atom stereocenters. The van der Waals surface area contributed by atoms with Crippen LogP contribution in [0.1, 0.15) is 10.4 Å². The van der Waals surface area contributed by atoms with Crippen LogP contribution in [0.2, 0.25) is 5.02 Å². The number of amides is 2. The molecule has 2 amide bonds. The molecular formula is C19H19ClN4O5. The molecular weight excluding hydrogens is 400 g/mol. The number of nitrogens with zero attached hydrogens (tertiary/aromatic N) is 3. The first-order valence-electron chi connectivity index (χ1n) is 8.84. The second-order valence-corrected chi connectivity index (χ2v) is 6.87. The number of ether oxygens (including phenoxy) is 1. The molecule has 10 heteroatoms. The Morgan fingerprint density at radius 2 is 1.76 bits per heavy atom. The molecule has 2 N–H and O–H groups in total. The van der Waals surface area contributed by atoms with Crippen LogP contribution in [0, 0.1) is 10.1 Å². The third-order valence-electron chi connectivity index (χ3n) is 4.61. The molecule has 3 rings (SSSR count). The Labute approximate surface area is 171 Å². The Hall–Kier alpha value is -3.33. The molecule has 9 nitrogen and oxygen atoms in total. The highest BCUT2D eigenvalue weighted by Gasteiger charge is 2.26. The zero-order valence-electron chi connectivity index (χ0n) is 15.4. The third-order valence-corrected chi connectivity index (χ3v) is 4.84. The van der Waals surface area contributed by atoms with Crippen LogP contribution in [-0.4, -0.2) is 54.4 Å². The largest absolute Gasteiger partial charge is 0.484 e. The van der Waals surface area contributed by atoms with Gasteiger partial charge < -0.3 is 20.3 Å². The van der Waals surface area contributed by atoms with Crippen LogP contribution in [0.25, 0.3) is 0 Å². The molecule has 0 atom stereocenters. The lowest BCUT2D eigenvalue weighted by atomic mass is 10.2. The summed E-state index contributed by atoms with van der Waals surface area (Å²) in [4.78, 5) is 37.8. The Morgan fingerprint density at radius 3 is 2.34 bits per heavy atom. The van der Waals surface area contributed by atoms with Crippen molar-refractivity contribution >= 4 is 34.8 Å². The van der Waals surface area contributed by atoms with Gasteiger partial charge in [0.05, 0.1) is 4.92 Å². The first kappa shape index (κ1) is 20.4. The molecule has 1 aliphatic rings. The van der Waals surface area contributed by atoms with E-state index in [0.717, 1.165) is 0 Å². The third kappa shape index (κ3) is 4.94. The summed E-state index contributed by atoms with van der Waals surface area (Å²) in [5.74, 6) is -0.264. The summed E-state index contributed by atoms with van der Waals surface area (Å²) in [6, 6.07) is 10.8. The number of anilines is 1. The smallest absolute Gasteiger partial charge is 0.294 e. The fourth-order valence-electron chi connectivity index (χ4n) is 3.06. The lowest BCUT2D eigenvalue weighted by Gasteiger charge is -2.35. The molecule has 2 aromatic rings. The van der Waals surface area contributed by atoms with Crippen molar-refractivity contribution in [2.24, 2.45) is 5.73 Å². The molecule has 152 valence electrons. The molecule has 0 saturated carbocycles. The van der Waals surface area contributed by atoms with E-state index in [-0.39, 0.29) is 18.2 Å². The van der Waals surface area contributed by atoms with E-state index < -0.39 is 10.8 Å². The molecule has 2 aromatic carbocycles. The highest BCUT2D eigenvalue weighted by Crippen LogP contribution is 2.31. The number of primary amides is 1. The topological polar surface area (TPSA) is 119 Å². The van der Waals surface area contributed by atoms with Gasteiger partial charge in [-0.2, -0.15) is 0 Å². The van der Waals surface area contributed by atoms with Crippen LogP contribution in [0.3, 0.4) is 0 Å². The predicted octanol–water partition coefficient (Wildman–Crippen LogP) is 2.07. The highest BCUT2D eigenvalue weighted by atomic mass is 35.5. The van der Waals surface area contributed by atoms with Gasteiger partial charge in [0.1, 0.15) is 11.4 Å². The number of piperazine rings is 1. The van der Waals surface area contributed by atoms with Crippen LogP contribution >= 0.6 is 11.6 Å². The van der Waals surface area contributed by atoms with Gasteiger partial charge in [0.25, 0.3) is 11.6 Å². The summed E-state index contributed by atoms with van der Waals surface area (Å²) in [5.41, 5.74) is 5.97. The monoisotopic (exact) mass is 418 g/mol. The Morgan fingerprint density at radius 1 is 1.10 bits per heavy atom. The minimum Gasteiger partial charge on any atom is -0.484 e. The number of carbonyl (C=O) groups is 2. The van der Waals surface area contributed by atoms with Crippen molar-refractivity contribution in [1.29, 1.82) is 0 Å². The minimum atomic E-state index is -0.536. The van der Waals surface area contributed by atoms with Crippen LogP contribution in [0.5, 0.6) is 5.75 Å². The number of nitrogens with two attached hydrogens (primary N) is 1. The van der Waals surface area contributed by atoms with Crippen LogP contribution in [0.4, 0.5) is 11.4 Å². The Balaban J connectivity index is 1.54. The summed E-state index contributed by atoms with van der Waals surface area (Å²) in [7, 11) is 0. The molecule has 0 radical (unpaired) electrons. The van der Waals surface area contributed by atoms with Crippen LogP contribution in [0.15, 0.2) is 42.5 Å². The van der Waals surface area contributed by atoms with Gasteiger partial charge in [-0.3, -0.25) is 19.7 Å². The second-order valence-electron chi connectivity index (χ2n) is 6.44. The first-order chi connectivity index (χ1) is 13.8. The zero-order chi connectivity index (χ0) is 21.0. The number of rotatable bonds is 6. The standard InChI is InChI=1S/C19H19ClN4O5/c20-14-3-6-16(17(11-14)24(27)28)22-7-9-23(10-8-22)18(25)12-29-15-4-1-13(2-5-15)19(21)26/h1-6,11H,7-10,12H2,(H2,21,26). The number of nitro groups is 1. The molecule has 0 aromatic heterocycles. The van der Waals surface area contributed by atoms with Crippen LogP contribution in [-0.2, 0) is 4.79 Å². The number of halogens is 1. The lowest BCUT2D eigenvalue weighted by molar-refractivity contribution is -0.384. The summed E-state index contributed by atoms with van der Waals surface area (Å²) in [6.45, 7) is 1.62. The van der Waals surface area contributed by atoms with Crippen molar-refractivity contribution in [3.05, 3.63) is 63.2 Å². The maximum absolute atomic E-state index is 12.4. The van der Waals surface area contributed by atoms with E-state index in [2.05, 4.69) is 0 Å². The fourth-order valence-corrected chi connectivity index (χ4v) is 3.23. The van der Waals surface area contributed by atoms with Crippen molar-refractivity contribution in [1.82, 2.24) is 4.90 Å². The van der Waals surface area contributed by atoms with E-state index >= 15 is 0 Å². The number of nitro benzene ring substituents is 1. The van der Waals surface area contributed by atoms with Gasteiger partial charge in [-0.25, -0.2) is 0 Å². The summed E-state index contributed by atoms with van der Waals surface area (Å²) >= 11 is 5.86. The summed E-state index contributed by atoms with van der Waals surface area (Å²) < 4.78 is 5.47. The van der Waals surface area contributed by atoms with Gasteiger partial charge in [0.15, 0.2) is 6.61 Å². The van der Waals surface area contributed by atoms with Crippen molar-refractivity contribution in [3.8, 4) is 5.75 Å². The van der Waals surface area contributed by atoms with E-state index in [1.54, 1.807) is 29.2 Å². The van der Waals surface area contributed by atoms with Gasteiger partial charge in [-0.05, 0) is 36.4 Å². The minimum absolute atomic E-state index is 0.0555. The Kier molecular flexibility index (Phi) is 6.18. The first-order valence-corrected chi connectivity index (χ1v) is 9.22. The average Bonchev–Trinajstić information content (AvgIpc) is 2.72. The van der Waals surface area contributed by atoms with Gasteiger partial charge in [-0.15, -0.1) is 0 Å². The fraction of sp³-hybridized carbons (Fsp3) is 0.263. The van der Waals surface area contributed by atoms with Gasteiger partial charge in [-0.1, -0.05) is 11.6 Å². The summed E-state index contributed by atoms with van der Waals surface area (Å²) in [6.07, 6.45) is 0. The van der Waals surface area contributed by atoms with Crippen molar-refractivity contribution in [2.45, 2.75) is 0 Å². The maximum Gasteiger partial charge on any atom is 0.294 e. The molecule has 0 bridgehead atoms. The van der Waals surface area contributed by atoms with Crippen molar-refractivity contribution < 1.29 is 19.2 Å². The number of carbonyl (C=O) groups excluding carboxylic acids is 2. The number of hydrogen-bond donors (Lipinski definition) is 1. The maximum atomic E-state index is 12.4. The van der Waals surface area contributed by atoms with E-state index in [1.807, 2.05) is 4.90 Å². The molecule has 0 spiro atoms. The normalized spacial score (nSPS) is 13.8. The Bertz CT molecular complexity index is 927. The quantitative estimate of drug-likeness (QED) is 0.566. The molecule has 0 aliphatic carbocycles. The second kappa shape index (κ2) is 8.78. The van der Waals surface area contributed by atoms with Crippen molar-refractivity contribution in [3.63, 3.8) is 0 Å². The zero-order valence-corrected chi connectivity index (χ0v) is 16.2. The van der Waals surface area contributed by atoms with Gasteiger partial charge >= 0.3 is 0 Å². The van der Waals surface area contributed by atoms with Gasteiger partial charge in [0, 0.05) is 42.8 Å². The molecule has 29 heavy (non-hydrogen) atoms. The highest BCUT2D eigenvalue weighted by molar-refractivity contribution is 6.30. The van der Waals surface area contributed by atoms with Crippen molar-refractivity contribution in [2.75, 3.05) is 37.7 Å². The molecule has 1 fully saturated rings.